The molecule has 0 aromatic carbocycles. The molecule has 0 N–H and O–H groups in total. The molecule has 0 saturated heterocycles. The Labute approximate surface area is 165 Å². The number of carbonyl (C=O) groups is 4. The van der Waals surface area contributed by atoms with E-state index in [0.717, 1.165) is 9.75 Å². The van der Waals surface area contributed by atoms with Crippen molar-refractivity contribution in [1.29, 1.82) is 0 Å². The second-order valence-electron chi connectivity index (χ2n) is 6.06. The molecule has 0 saturated carbocycles. The molecule has 2 aromatic heterocycles. The van der Waals surface area contributed by atoms with Crippen LogP contribution in [0, 0.1) is 5.41 Å². The zero-order valence-corrected chi connectivity index (χ0v) is 17.1. The van der Waals surface area contributed by atoms with E-state index in [4.69, 9.17) is 9.47 Å². The van der Waals surface area contributed by atoms with E-state index in [1.54, 1.807) is 24.3 Å². The first-order valence-electron chi connectivity index (χ1n) is 8.09. The molecule has 0 fully saturated rings. The van der Waals surface area contributed by atoms with Crippen molar-refractivity contribution in [1.82, 2.24) is 0 Å². The Kier molecular flexibility index (Phi) is 6.67. The highest BCUT2D eigenvalue weighted by Gasteiger charge is 2.41. The first kappa shape index (κ1) is 21.0. The minimum Gasteiger partial charge on any atom is -0.465 e. The van der Waals surface area contributed by atoms with Gasteiger partial charge in [-0.3, -0.25) is 9.59 Å². The van der Waals surface area contributed by atoms with Gasteiger partial charge in [0.15, 0.2) is 0 Å². The van der Waals surface area contributed by atoms with Crippen molar-refractivity contribution in [3.63, 3.8) is 0 Å². The summed E-state index contributed by atoms with van der Waals surface area (Å²) in [5.41, 5.74) is -1.25. The van der Waals surface area contributed by atoms with Crippen molar-refractivity contribution in [2.45, 2.75) is 26.7 Å². The van der Waals surface area contributed by atoms with Gasteiger partial charge < -0.3 is 9.47 Å². The second kappa shape index (κ2) is 8.58. The van der Waals surface area contributed by atoms with E-state index in [2.05, 4.69) is 0 Å². The van der Waals surface area contributed by atoms with Gasteiger partial charge in [0, 0.05) is 22.6 Å². The Morgan fingerprint density at radius 3 is 1.44 bits per heavy atom. The van der Waals surface area contributed by atoms with Crippen LogP contribution in [0.5, 0.6) is 0 Å². The third-order valence-corrected chi connectivity index (χ3v) is 6.53. The van der Waals surface area contributed by atoms with Crippen LogP contribution < -0.4 is 0 Å². The third-order valence-electron chi connectivity index (χ3n) is 4.40. The number of esters is 2. The summed E-state index contributed by atoms with van der Waals surface area (Å²) in [5, 5.41) is 0. The van der Waals surface area contributed by atoms with Crippen LogP contribution in [-0.2, 0) is 31.9 Å². The number of methoxy groups -OCH3 is 2. The van der Waals surface area contributed by atoms with Gasteiger partial charge in [-0.1, -0.05) is 0 Å². The minimum atomic E-state index is -1.25. The van der Waals surface area contributed by atoms with Crippen molar-refractivity contribution in [2.75, 3.05) is 14.2 Å². The fraction of sp³-hybridized carbons (Fsp3) is 0.368. The molecule has 0 aliphatic rings. The van der Waals surface area contributed by atoms with Crippen molar-refractivity contribution in [2.24, 2.45) is 5.41 Å². The smallest absolute Gasteiger partial charge is 0.348 e. The van der Waals surface area contributed by atoms with Gasteiger partial charge in [0.2, 0.25) is 0 Å². The lowest BCUT2D eigenvalue weighted by molar-refractivity contribution is -0.138. The van der Waals surface area contributed by atoms with Crippen molar-refractivity contribution < 1.29 is 28.7 Å². The van der Waals surface area contributed by atoms with E-state index in [9.17, 15) is 19.2 Å². The van der Waals surface area contributed by atoms with Gasteiger partial charge >= 0.3 is 11.9 Å². The molecule has 2 aromatic rings. The molecule has 144 valence electrons. The zero-order chi connectivity index (χ0) is 20.2. The van der Waals surface area contributed by atoms with E-state index in [0.29, 0.717) is 9.75 Å². The Morgan fingerprint density at radius 1 is 0.778 bits per heavy atom. The van der Waals surface area contributed by atoms with Crippen LogP contribution in [-0.4, -0.2) is 37.7 Å². The summed E-state index contributed by atoms with van der Waals surface area (Å²) in [6.45, 7) is 2.79. The van der Waals surface area contributed by atoms with E-state index in [-0.39, 0.29) is 24.4 Å². The average molecular weight is 408 g/mol. The normalized spacial score (nSPS) is 11.1. The highest BCUT2D eigenvalue weighted by molar-refractivity contribution is 7.14. The first-order valence-corrected chi connectivity index (χ1v) is 9.73. The number of ketones is 2. The van der Waals surface area contributed by atoms with Crippen LogP contribution in [0.15, 0.2) is 24.3 Å². The molecule has 0 radical (unpaired) electrons. The molecule has 0 aliphatic carbocycles. The molecular weight excluding hydrogens is 388 g/mol. The Hall–Kier alpha value is -2.32. The number of hydrogen-bond donors (Lipinski definition) is 0. The average Bonchev–Trinajstić information content (AvgIpc) is 3.28. The summed E-state index contributed by atoms with van der Waals surface area (Å²) in [6, 6.07) is 6.70. The number of thiophene rings is 2. The molecule has 0 amide bonds. The van der Waals surface area contributed by atoms with Crippen LogP contribution in [0.2, 0.25) is 0 Å². The molecule has 6 nitrogen and oxygen atoms in total. The third kappa shape index (κ3) is 4.51. The monoisotopic (exact) mass is 408 g/mol. The summed E-state index contributed by atoms with van der Waals surface area (Å²) in [4.78, 5) is 50.7. The molecule has 0 bridgehead atoms. The summed E-state index contributed by atoms with van der Waals surface area (Å²) >= 11 is 2.40. The lowest BCUT2D eigenvalue weighted by Crippen LogP contribution is -2.40. The predicted octanol–water partition coefficient (Wildman–Crippen LogP) is 3.33. The van der Waals surface area contributed by atoms with Crippen LogP contribution in [0.1, 0.15) is 42.9 Å². The lowest BCUT2D eigenvalue weighted by atomic mass is 9.73. The molecule has 2 heterocycles. The lowest BCUT2D eigenvalue weighted by Gasteiger charge is -2.27. The molecule has 0 spiro atoms. The Balaban J connectivity index is 2.35. The molecule has 0 atom stereocenters. The van der Waals surface area contributed by atoms with Crippen molar-refractivity contribution >= 4 is 46.2 Å². The SMILES string of the molecule is COC(=O)c1ccc(CC(Cc2ccc(C(=O)OC)s2)(C(C)=O)C(C)=O)s1. The molecule has 2 rings (SSSR count). The molecule has 8 heteroatoms. The first-order chi connectivity index (χ1) is 12.7. The number of rotatable bonds is 8. The van der Waals surface area contributed by atoms with E-state index in [1.807, 2.05) is 0 Å². The van der Waals surface area contributed by atoms with Gasteiger partial charge in [-0.25, -0.2) is 9.59 Å². The number of Topliss-reactive ketones (excluding diaryl/α,β-unsaturated/α-hetero) is 2. The van der Waals surface area contributed by atoms with Gasteiger partial charge in [0.25, 0.3) is 0 Å². The second-order valence-corrected chi connectivity index (χ2v) is 8.40. The molecule has 27 heavy (non-hydrogen) atoms. The van der Waals surface area contributed by atoms with Crippen LogP contribution >= 0.6 is 22.7 Å². The standard InChI is InChI=1S/C19H20O6S2/c1-11(20)19(12(2)21,9-13-5-7-15(26-13)17(22)24-3)10-14-6-8-16(27-14)18(23)25-4/h5-8H,9-10H2,1-4H3. The molecule has 0 unspecified atom stereocenters. The van der Waals surface area contributed by atoms with Gasteiger partial charge in [0.05, 0.1) is 19.6 Å². The van der Waals surface area contributed by atoms with Crippen LogP contribution in [0.3, 0.4) is 0 Å². The quantitative estimate of drug-likeness (QED) is 0.492. The van der Waals surface area contributed by atoms with E-state index in [1.165, 1.54) is 50.7 Å². The maximum atomic E-state index is 12.5. The summed E-state index contributed by atoms with van der Waals surface area (Å²) < 4.78 is 9.40. The zero-order valence-electron chi connectivity index (χ0n) is 15.5. The van der Waals surface area contributed by atoms with Gasteiger partial charge in [-0.2, -0.15) is 0 Å². The maximum Gasteiger partial charge on any atom is 0.348 e. The summed E-state index contributed by atoms with van der Waals surface area (Å²) in [6.07, 6.45) is 0.371. The predicted molar refractivity (Wildman–Crippen MR) is 103 cm³/mol. The minimum absolute atomic E-state index is 0.185. The van der Waals surface area contributed by atoms with Crippen LogP contribution in [0.4, 0.5) is 0 Å². The number of carbonyl (C=O) groups excluding carboxylic acids is 4. The number of ether oxygens (including phenoxy) is 2. The fourth-order valence-corrected chi connectivity index (χ4v) is 4.85. The van der Waals surface area contributed by atoms with Crippen LogP contribution in [0.25, 0.3) is 0 Å². The fourth-order valence-electron chi connectivity index (χ4n) is 2.77. The maximum absolute atomic E-state index is 12.5. The highest BCUT2D eigenvalue weighted by atomic mass is 32.1. The van der Waals surface area contributed by atoms with Gasteiger partial charge in [-0.15, -0.1) is 22.7 Å². The van der Waals surface area contributed by atoms with Gasteiger partial charge in [0.1, 0.15) is 21.3 Å². The van der Waals surface area contributed by atoms with Crippen molar-refractivity contribution in [3.05, 3.63) is 43.8 Å². The van der Waals surface area contributed by atoms with Gasteiger partial charge in [-0.05, 0) is 38.1 Å². The largest absolute Gasteiger partial charge is 0.465 e. The van der Waals surface area contributed by atoms with Crippen molar-refractivity contribution in [3.8, 4) is 0 Å². The summed E-state index contributed by atoms with van der Waals surface area (Å²) in [7, 11) is 2.60. The molecular formula is C19H20O6S2. The topological polar surface area (TPSA) is 86.7 Å². The molecule has 0 aliphatic heterocycles. The Morgan fingerprint density at radius 2 is 1.15 bits per heavy atom. The van der Waals surface area contributed by atoms with E-state index < -0.39 is 17.4 Å². The van der Waals surface area contributed by atoms with E-state index >= 15 is 0 Å². The Bertz CT molecular complexity index is 804. The summed E-state index contributed by atoms with van der Waals surface area (Å²) in [5.74, 6) is -1.42. The highest BCUT2D eigenvalue weighted by Crippen LogP contribution is 2.35. The number of hydrogen-bond acceptors (Lipinski definition) is 8.